The van der Waals surface area contributed by atoms with Gasteiger partial charge >= 0.3 is 0 Å². The first-order chi connectivity index (χ1) is 11.3. The Morgan fingerprint density at radius 1 is 1.09 bits per heavy atom. The van der Waals surface area contributed by atoms with Gasteiger partial charge in [0.25, 0.3) is 5.91 Å². The summed E-state index contributed by atoms with van der Waals surface area (Å²) < 4.78 is 5.13. The van der Waals surface area contributed by atoms with E-state index >= 15 is 0 Å². The summed E-state index contributed by atoms with van der Waals surface area (Å²) in [6.07, 6.45) is 1.75. The number of nitrogens with zero attached hydrogens (tertiary/aromatic N) is 1. The quantitative estimate of drug-likeness (QED) is 0.787. The van der Waals surface area contributed by atoms with E-state index in [4.69, 9.17) is 4.74 Å². The van der Waals surface area contributed by atoms with Crippen molar-refractivity contribution >= 4 is 16.8 Å². The van der Waals surface area contributed by atoms with Gasteiger partial charge in [-0.2, -0.15) is 0 Å². The van der Waals surface area contributed by atoms with Gasteiger partial charge in [-0.3, -0.25) is 9.78 Å². The molecule has 0 saturated carbocycles. The largest absolute Gasteiger partial charge is 0.380 e. The van der Waals surface area contributed by atoms with Crippen molar-refractivity contribution in [2.45, 2.75) is 13.2 Å². The van der Waals surface area contributed by atoms with E-state index in [1.54, 1.807) is 19.4 Å². The number of carbonyl (C=O) groups excluding carboxylic acids is 1. The first-order valence-corrected chi connectivity index (χ1v) is 7.46. The lowest BCUT2D eigenvalue weighted by Crippen LogP contribution is -2.22. The van der Waals surface area contributed by atoms with Crippen LogP contribution in [-0.4, -0.2) is 18.0 Å². The summed E-state index contributed by atoms with van der Waals surface area (Å²) in [6, 6.07) is 17.3. The number of fused-ring (bicyclic) bond motifs is 1. The molecule has 1 amide bonds. The van der Waals surface area contributed by atoms with Crippen LogP contribution in [0.3, 0.4) is 0 Å². The SMILES string of the molecule is COCc1cccc(CNC(=O)c2ccc3ncccc3c2)c1. The van der Waals surface area contributed by atoms with Gasteiger partial charge in [0, 0.05) is 30.8 Å². The van der Waals surface area contributed by atoms with E-state index in [2.05, 4.69) is 10.3 Å². The molecule has 0 aliphatic carbocycles. The zero-order valence-electron chi connectivity index (χ0n) is 13.0. The summed E-state index contributed by atoms with van der Waals surface area (Å²) in [5.41, 5.74) is 3.67. The monoisotopic (exact) mass is 306 g/mol. The molecule has 1 N–H and O–H groups in total. The average molecular weight is 306 g/mol. The van der Waals surface area contributed by atoms with E-state index in [0.717, 1.165) is 22.0 Å². The number of pyridine rings is 1. The summed E-state index contributed by atoms with van der Waals surface area (Å²) in [7, 11) is 1.67. The van der Waals surface area contributed by atoms with Crippen LogP contribution in [0.1, 0.15) is 21.5 Å². The highest BCUT2D eigenvalue weighted by Gasteiger charge is 2.06. The van der Waals surface area contributed by atoms with Crippen LogP contribution in [0.2, 0.25) is 0 Å². The van der Waals surface area contributed by atoms with Gasteiger partial charge in [0.2, 0.25) is 0 Å². The molecule has 4 heteroatoms. The lowest BCUT2D eigenvalue weighted by atomic mass is 10.1. The van der Waals surface area contributed by atoms with Crippen LogP contribution in [-0.2, 0) is 17.9 Å². The molecule has 4 nitrogen and oxygen atoms in total. The van der Waals surface area contributed by atoms with Crippen LogP contribution < -0.4 is 5.32 Å². The number of methoxy groups -OCH3 is 1. The third-order valence-electron chi connectivity index (χ3n) is 3.62. The number of aromatic nitrogens is 1. The number of rotatable bonds is 5. The predicted molar refractivity (Wildman–Crippen MR) is 90.1 cm³/mol. The molecule has 23 heavy (non-hydrogen) atoms. The molecule has 116 valence electrons. The Kier molecular flexibility index (Phi) is 4.64. The summed E-state index contributed by atoms with van der Waals surface area (Å²) in [5.74, 6) is -0.0899. The van der Waals surface area contributed by atoms with Gasteiger partial charge in [0.05, 0.1) is 12.1 Å². The maximum absolute atomic E-state index is 12.3. The second-order valence-electron chi connectivity index (χ2n) is 5.35. The van der Waals surface area contributed by atoms with E-state index in [-0.39, 0.29) is 5.91 Å². The molecule has 3 rings (SSSR count). The molecule has 0 atom stereocenters. The van der Waals surface area contributed by atoms with Crippen molar-refractivity contribution in [2.24, 2.45) is 0 Å². The maximum Gasteiger partial charge on any atom is 0.251 e. The highest BCUT2D eigenvalue weighted by Crippen LogP contribution is 2.13. The standard InChI is InChI=1S/C19H18N2O2/c1-23-13-15-5-2-4-14(10-15)12-21-19(22)17-7-8-18-16(11-17)6-3-9-20-18/h2-11H,12-13H2,1H3,(H,21,22). The van der Waals surface area contributed by atoms with E-state index in [1.807, 2.05) is 48.5 Å². The minimum absolute atomic E-state index is 0.0899. The fourth-order valence-corrected chi connectivity index (χ4v) is 2.50. The van der Waals surface area contributed by atoms with Crippen LogP contribution in [0.25, 0.3) is 10.9 Å². The number of nitrogens with one attached hydrogen (secondary N) is 1. The number of benzene rings is 2. The smallest absolute Gasteiger partial charge is 0.251 e. The van der Waals surface area contributed by atoms with Crippen LogP contribution in [0.5, 0.6) is 0 Å². The molecule has 2 aromatic carbocycles. The van der Waals surface area contributed by atoms with Gasteiger partial charge in [-0.05, 0) is 35.4 Å². The van der Waals surface area contributed by atoms with Crippen LogP contribution in [0.4, 0.5) is 0 Å². The van der Waals surface area contributed by atoms with Gasteiger partial charge in [-0.1, -0.05) is 30.3 Å². The third-order valence-corrected chi connectivity index (χ3v) is 3.62. The number of ether oxygens (including phenoxy) is 1. The van der Waals surface area contributed by atoms with E-state index in [0.29, 0.717) is 18.7 Å². The molecule has 1 heterocycles. The van der Waals surface area contributed by atoms with Gasteiger partial charge < -0.3 is 10.1 Å². The molecular formula is C19H18N2O2. The van der Waals surface area contributed by atoms with Gasteiger partial charge in [-0.25, -0.2) is 0 Å². The van der Waals surface area contributed by atoms with Crippen molar-refractivity contribution in [1.29, 1.82) is 0 Å². The Hall–Kier alpha value is -2.72. The second-order valence-corrected chi connectivity index (χ2v) is 5.35. The topological polar surface area (TPSA) is 51.2 Å². The molecule has 0 unspecified atom stereocenters. The Morgan fingerprint density at radius 3 is 2.83 bits per heavy atom. The Balaban J connectivity index is 1.69. The van der Waals surface area contributed by atoms with Gasteiger partial charge in [0.1, 0.15) is 0 Å². The number of amides is 1. The zero-order valence-corrected chi connectivity index (χ0v) is 13.0. The highest BCUT2D eigenvalue weighted by atomic mass is 16.5. The van der Waals surface area contributed by atoms with E-state index in [9.17, 15) is 4.79 Å². The zero-order chi connectivity index (χ0) is 16.1. The Bertz CT molecular complexity index is 830. The van der Waals surface area contributed by atoms with Crippen LogP contribution in [0.15, 0.2) is 60.8 Å². The Morgan fingerprint density at radius 2 is 1.96 bits per heavy atom. The first kappa shape index (κ1) is 15.2. The van der Waals surface area contributed by atoms with Gasteiger partial charge in [0.15, 0.2) is 0 Å². The van der Waals surface area contributed by atoms with E-state index < -0.39 is 0 Å². The lowest BCUT2D eigenvalue weighted by Gasteiger charge is -2.08. The minimum Gasteiger partial charge on any atom is -0.380 e. The number of hydrogen-bond donors (Lipinski definition) is 1. The molecule has 0 radical (unpaired) electrons. The van der Waals surface area contributed by atoms with E-state index in [1.165, 1.54) is 0 Å². The maximum atomic E-state index is 12.3. The fraction of sp³-hybridized carbons (Fsp3) is 0.158. The van der Waals surface area contributed by atoms with Crippen molar-refractivity contribution in [3.63, 3.8) is 0 Å². The van der Waals surface area contributed by atoms with Crippen molar-refractivity contribution in [3.05, 3.63) is 77.5 Å². The molecular weight excluding hydrogens is 288 g/mol. The molecule has 0 bridgehead atoms. The molecule has 0 fully saturated rings. The summed E-state index contributed by atoms with van der Waals surface area (Å²) >= 11 is 0. The normalized spacial score (nSPS) is 10.7. The summed E-state index contributed by atoms with van der Waals surface area (Å²) in [4.78, 5) is 16.6. The van der Waals surface area contributed by atoms with Crippen molar-refractivity contribution in [3.8, 4) is 0 Å². The third kappa shape index (κ3) is 3.73. The molecule has 3 aromatic rings. The van der Waals surface area contributed by atoms with Crippen LogP contribution in [0, 0.1) is 0 Å². The summed E-state index contributed by atoms with van der Waals surface area (Å²) in [5, 5.41) is 3.91. The molecule has 0 saturated heterocycles. The average Bonchev–Trinajstić information content (AvgIpc) is 2.60. The fourth-order valence-electron chi connectivity index (χ4n) is 2.50. The van der Waals surface area contributed by atoms with Crippen molar-refractivity contribution in [2.75, 3.05) is 7.11 Å². The van der Waals surface area contributed by atoms with Crippen molar-refractivity contribution < 1.29 is 9.53 Å². The number of carbonyl (C=O) groups is 1. The highest BCUT2D eigenvalue weighted by molar-refractivity contribution is 5.97. The van der Waals surface area contributed by atoms with Gasteiger partial charge in [-0.15, -0.1) is 0 Å². The summed E-state index contributed by atoms with van der Waals surface area (Å²) in [6.45, 7) is 1.06. The lowest BCUT2D eigenvalue weighted by molar-refractivity contribution is 0.0951. The minimum atomic E-state index is -0.0899. The Labute approximate surface area is 135 Å². The first-order valence-electron chi connectivity index (χ1n) is 7.46. The second kappa shape index (κ2) is 7.03. The molecule has 0 aliphatic heterocycles. The predicted octanol–water partition coefficient (Wildman–Crippen LogP) is 3.31. The molecule has 0 aliphatic rings. The molecule has 0 spiro atoms. The van der Waals surface area contributed by atoms with Crippen molar-refractivity contribution in [1.82, 2.24) is 10.3 Å². The number of hydrogen-bond acceptors (Lipinski definition) is 3. The van der Waals surface area contributed by atoms with Crippen LogP contribution >= 0.6 is 0 Å². The molecule has 1 aromatic heterocycles.